The molecule has 0 spiro atoms. The maximum absolute atomic E-state index is 12.9. The van der Waals surface area contributed by atoms with Gasteiger partial charge >= 0.3 is 5.97 Å². The van der Waals surface area contributed by atoms with Gasteiger partial charge < -0.3 is 20.3 Å². The first-order valence-electron chi connectivity index (χ1n) is 8.69. The second-order valence-electron chi connectivity index (χ2n) is 6.79. The normalized spacial score (nSPS) is 25.8. The summed E-state index contributed by atoms with van der Waals surface area (Å²) >= 11 is 0. The Kier molecular flexibility index (Phi) is 3.91. The van der Waals surface area contributed by atoms with E-state index in [1.54, 1.807) is 18.2 Å². The lowest BCUT2D eigenvalue weighted by molar-refractivity contribution is -0.146. The fourth-order valence-corrected chi connectivity index (χ4v) is 3.89. The molecule has 0 amide bonds. The van der Waals surface area contributed by atoms with E-state index in [4.69, 9.17) is 4.74 Å². The van der Waals surface area contributed by atoms with E-state index in [9.17, 15) is 19.8 Å². The molecular formula is C21H19NO5. The highest BCUT2D eigenvalue weighted by Gasteiger charge is 2.70. The summed E-state index contributed by atoms with van der Waals surface area (Å²) in [4.78, 5) is 25.6. The van der Waals surface area contributed by atoms with E-state index in [0.717, 1.165) is 5.56 Å². The Morgan fingerprint density at radius 2 is 1.74 bits per heavy atom. The third kappa shape index (κ3) is 2.34. The van der Waals surface area contributed by atoms with Crippen molar-refractivity contribution in [3.05, 3.63) is 82.6 Å². The molecule has 6 nitrogen and oxygen atoms in total. The van der Waals surface area contributed by atoms with Crippen LogP contribution in [0.4, 0.5) is 0 Å². The Balaban J connectivity index is 1.59. The first-order chi connectivity index (χ1) is 12.9. The topological polar surface area (TPSA) is 95.9 Å². The number of hydrogen-bond donors (Lipinski definition) is 3. The molecule has 138 valence electrons. The van der Waals surface area contributed by atoms with E-state index < -0.39 is 23.1 Å². The minimum absolute atomic E-state index is 0.0925. The standard InChI is InChI=1S/C21H19NO5/c1-13-17(19(24)27-12-11-14-7-3-2-4-8-14)20(25)18(23)15-9-5-6-10-16(15)21(20,26)22-13/h2-10,22,25-26H,11-12H2,1H3/t20-,21+/m0/s1. The SMILES string of the molecule is CC1=C(C(=O)OCCc2ccccc2)[C@]2(O)C(=O)c3ccccc3[C@]2(O)N1. The molecule has 2 atom stereocenters. The summed E-state index contributed by atoms with van der Waals surface area (Å²) in [5.74, 6) is -1.55. The molecule has 0 radical (unpaired) electrons. The zero-order chi connectivity index (χ0) is 19.2. The molecule has 2 aliphatic rings. The predicted octanol–water partition coefficient (Wildman–Crippen LogP) is 1.42. The number of ketones is 1. The number of carbonyl (C=O) groups is 2. The minimum atomic E-state index is -2.41. The third-order valence-corrected chi connectivity index (χ3v) is 5.19. The van der Waals surface area contributed by atoms with Crippen molar-refractivity contribution in [2.75, 3.05) is 6.61 Å². The van der Waals surface area contributed by atoms with Crippen molar-refractivity contribution in [3.8, 4) is 0 Å². The van der Waals surface area contributed by atoms with Gasteiger partial charge in [-0.1, -0.05) is 54.6 Å². The van der Waals surface area contributed by atoms with Crippen molar-refractivity contribution < 1.29 is 24.5 Å². The molecule has 2 aromatic carbocycles. The van der Waals surface area contributed by atoms with E-state index in [1.807, 2.05) is 30.3 Å². The molecule has 2 aromatic rings. The number of nitrogens with one attached hydrogen (secondary N) is 1. The van der Waals surface area contributed by atoms with Crippen LogP contribution >= 0.6 is 0 Å². The number of hydrogen-bond acceptors (Lipinski definition) is 6. The van der Waals surface area contributed by atoms with Crippen molar-refractivity contribution in [2.24, 2.45) is 0 Å². The summed E-state index contributed by atoms with van der Waals surface area (Å²) in [6, 6.07) is 15.9. The van der Waals surface area contributed by atoms with Crippen molar-refractivity contribution in [1.29, 1.82) is 0 Å². The van der Waals surface area contributed by atoms with Crippen LogP contribution in [0.1, 0.15) is 28.4 Å². The summed E-state index contributed by atoms with van der Waals surface area (Å²) in [5.41, 5.74) is -3.11. The van der Waals surface area contributed by atoms with Crippen LogP contribution in [0.25, 0.3) is 0 Å². The van der Waals surface area contributed by atoms with Crippen molar-refractivity contribution >= 4 is 11.8 Å². The Morgan fingerprint density at radius 3 is 2.48 bits per heavy atom. The molecule has 0 saturated heterocycles. The highest BCUT2D eigenvalue weighted by molar-refractivity contribution is 6.16. The van der Waals surface area contributed by atoms with Crippen LogP contribution in [0.2, 0.25) is 0 Å². The van der Waals surface area contributed by atoms with Gasteiger partial charge in [0.1, 0.15) is 5.57 Å². The summed E-state index contributed by atoms with van der Waals surface area (Å²) in [6.45, 7) is 1.62. The summed E-state index contributed by atoms with van der Waals surface area (Å²) in [7, 11) is 0. The van der Waals surface area contributed by atoms with E-state index in [0.29, 0.717) is 6.42 Å². The molecule has 1 heterocycles. The Bertz CT molecular complexity index is 968. The van der Waals surface area contributed by atoms with Gasteiger partial charge in [-0.3, -0.25) is 4.79 Å². The molecule has 27 heavy (non-hydrogen) atoms. The summed E-state index contributed by atoms with van der Waals surface area (Å²) in [5, 5.41) is 25.0. The molecule has 0 fully saturated rings. The molecule has 1 aliphatic heterocycles. The van der Waals surface area contributed by atoms with Gasteiger partial charge in [0.2, 0.25) is 17.1 Å². The first-order valence-corrected chi connectivity index (χ1v) is 8.69. The van der Waals surface area contributed by atoms with Crippen LogP contribution in [0, 0.1) is 0 Å². The Morgan fingerprint density at radius 1 is 1.07 bits per heavy atom. The highest BCUT2D eigenvalue weighted by Crippen LogP contribution is 2.51. The quantitative estimate of drug-likeness (QED) is 0.710. The lowest BCUT2D eigenvalue weighted by Gasteiger charge is -2.31. The average Bonchev–Trinajstić information content (AvgIpc) is 2.97. The third-order valence-electron chi connectivity index (χ3n) is 5.19. The first kappa shape index (κ1) is 17.5. The van der Waals surface area contributed by atoms with Gasteiger partial charge in [0, 0.05) is 23.2 Å². The predicted molar refractivity (Wildman–Crippen MR) is 96.6 cm³/mol. The molecule has 0 aromatic heterocycles. The second-order valence-corrected chi connectivity index (χ2v) is 6.79. The number of Topliss-reactive ketones (excluding diaryl/α,β-unsaturated/α-hetero) is 1. The molecule has 0 saturated carbocycles. The van der Waals surface area contributed by atoms with Gasteiger partial charge in [0.15, 0.2) is 0 Å². The van der Waals surface area contributed by atoms with Gasteiger partial charge in [0.25, 0.3) is 0 Å². The number of aliphatic hydroxyl groups is 2. The number of carbonyl (C=O) groups excluding carboxylic acids is 2. The monoisotopic (exact) mass is 365 g/mol. The molecule has 0 bridgehead atoms. The summed E-state index contributed by atoms with van der Waals surface area (Å²) in [6.07, 6.45) is 0.503. The van der Waals surface area contributed by atoms with Crippen molar-refractivity contribution in [1.82, 2.24) is 5.32 Å². The molecule has 6 heteroatoms. The molecular weight excluding hydrogens is 346 g/mol. The van der Waals surface area contributed by atoms with E-state index in [-0.39, 0.29) is 29.0 Å². The number of benzene rings is 2. The van der Waals surface area contributed by atoms with Gasteiger partial charge in [-0.05, 0) is 12.5 Å². The van der Waals surface area contributed by atoms with Gasteiger partial charge in [-0.25, -0.2) is 4.79 Å². The molecule has 0 unspecified atom stereocenters. The second kappa shape index (κ2) is 6.04. The average molecular weight is 365 g/mol. The smallest absolute Gasteiger partial charge is 0.339 e. The van der Waals surface area contributed by atoms with Crippen LogP contribution in [-0.4, -0.2) is 34.2 Å². The van der Waals surface area contributed by atoms with E-state index in [1.165, 1.54) is 13.0 Å². The van der Waals surface area contributed by atoms with E-state index >= 15 is 0 Å². The number of ether oxygens (including phenoxy) is 1. The van der Waals surface area contributed by atoms with Crippen LogP contribution < -0.4 is 5.32 Å². The molecule has 1 aliphatic carbocycles. The maximum Gasteiger partial charge on any atom is 0.339 e. The number of rotatable bonds is 4. The van der Waals surface area contributed by atoms with Crippen LogP contribution in [0.3, 0.4) is 0 Å². The highest BCUT2D eigenvalue weighted by atomic mass is 16.5. The Hall–Kier alpha value is -2.96. The number of esters is 1. The lowest BCUT2D eigenvalue weighted by Crippen LogP contribution is -2.56. The van der Waals surface area contributed by atoms with Crippen molar-refractivity contribution in [3.63, 3.8) is 0 Å². The largest absolute Gasteiger partial charge is 0.462 e. The van der Waals surface area contributed by atoms with E-state index in [2.05, 4.69) is 5.32 Å². The van der Waals surface area contributed by atoms with Gasteiger partial charge in [0.05, 0.1) is 6.61 Å². The fourth-order valence-electron chi connectivity index (χ4n) is 3.89. The van der Waals surface area contributed by atoms with Gasteiger partial charge in [-0.15, -0.1) is 0 Å². The maximum atomic E-state index is 12.9. The van der Waals surface area contributed by atoms with Crippen LogP contribution in [0.15, 0.2) is 65.9 Å². The van der Waals surface area contributed by atoms with Crippen molar-refractivity contribution in [2.45, 2.75) is 24.7 Å². The molecule has 4 rings (SSSR count). The lowest BCUT2D eigenvalue weighted by atomic mass is 9.85. The molecule has 3 N–H and O–H groups in total. The zero-order valence-corrected chi connectivity index (χ0v) is 14.7. The van der Waals surface area contributed by atoms with Crippen LogP contribution in [0.5, 0.6) is 0 Å². The Labute approximate surface area is 156 Å². The van der Waals surface area contributed by atoms with Gasteiger partial charge in [-0.2, -0.15) is 0 Å². The fraction of sp³-hybridized carbons (Fsp3) is 0.238. The van der Waals surface area contributed by atoms with Crippen LogP contribution in [-0.2, 0) is 21.7 Å². The number of allylic oxidation sites excluding steroid dienone is 1. The minimum Gasteiger partial charge on any atom is -0.462 e. The number of fused-ring (bicyclic) bond motifs is 3. The summed E-state index contributed by atoms with van der Waals surface area (Å²) < 4.78 is 5.31. The zero-order valence-electron chi connectivity index (χ0n) is 14.7.